The summed E-state index contributed by atoms with van der Waals surface area (Å²) in [5.41, 5.74) is 1.01. The molecule has 0 aliphatic carbocycles. The van der Waals surface area contributed by atoms with E-state index in [-0.39, 0.29) is 5.75 Å². The Morgan fingerprint density at radius 1 is 1.38 bits per heavy atom. The largest absolute Gasteiger partial charge is 0.435 e. The van der Waals surface area contributed by atoms with E-state index < -0.39 is 6.61 Å². The van der Waals surface area contributed by atoms with Crippen LogP contribution >= 0.6 is 0 Å². The first-order valence-corrected chi connectivity index (χ1v) is 9.19. The predicted molar refractivity (Wildman–Crippen MR) is 101 cm³/mol. The van der Waals surface area contributed by atoms with E-state index >= 15 is 0 Å². The predicted octanol–water partition coefficient (Wildman–Crippen LogP) is 3.03. The molecular formula is C19H30F2N4O. The number of benzene rings is 1. The van der Waals surface area contributed by atoms with Gasteiger partial charge in [-0.2, -0.15) is 8.78 Å². The Morgan fingerprint density at radius 3 is 2.73 bits per heavy atom. The second-order valence-electron chi connectivity index (χ2n) is 6.84. The lowest BCUT2D eigenvalue weighted by Crippen LogP contribution is -2.39. The maximum absolute atomic E-state index is 12.2. The molecular weight excluding hydrogens is 338 g/mol. The van der Waals surface area contributed by atoms with Crippen molar-refractivity contribution < 1.29 is 13.5 Å². The number of halogens is 2. The second-order valence-corrected chi connectivity index (χ2v) is 6.84. The number of guanidine groups is 1. The fourth-order valence-corrected chi connectivity index (χ4v) is 3.23. The molecule has 1 unspecified atom stereocenters. The van der Waals surface area contributed by atoms with Crippen molar-refractivity contribution in [2.75, 3.05) is 40.3 Å². The molecule has 1 aromatic rings. The number of nitrogens with zero attached hydrogens (tertiary/aromatic N) is 3. The molecule has 0 radical (unpaired) electrons. The summed E-state index contributed by atoms with van der Waals surface area (Å²) in [7, 11) is 4.15. The molecule has 5 nitrogen and oxygen atoms in total. The zero-order valence-corrected chi connectivity index (χ0v) is 15.9. The third kappa shape index (κ3) is 6.78. The SMILES string of the molecule is CCNC(=NCC1CCCN(C)C1)N(C)Cc1ccc(OC(F)F)cc1. The van der Waals surface area contributed by atoms with E-state index in [1.807, 2.05) is 14.0 Å². The Morgan fingerprint density at radius 2 is 2.12 bits per heavy atom. The number of aliphatic imine (C=N–C) groups is 1. The first-order valence-electron chi connectivity index (χ1n) is 9.19. The Balaban J connectivity index is 1.94. The first-order chi connectivity index (χ1) is 12.5. The standard InChI is InChI=1S/C19H30F2N4O/c1-4-22-19(23-12-16-6-5-11-24(2)13-16)25(3)14-15-7-9-17(10-8-15)26-18(20)21/h7-10,16,18H,4-6,11-14H2,1-3H3,(H,22,23). The molecule has 1 atom stereocenters. The van der Waals surface area contributed by atoms with Crippen molar-refractivity contribution in [2.24, 2.45) is 10.9 Å². The van der Waals surface area contributed by atoms with E-state index in [4.69, 9.17) is 4.99 Å². The van der Waals surface area contributed by atoms with Gasteiger partial charge in [0.25, 0.3) is 0 Å². The van der Waals surface area contributed by atoms with Gasteiger partial charge < -0.3 is 19.9 Å². The van der Waals surface area contributed by atoms with Crippen molar-refractivity contribution in [2.45, 2.75) is 32.9 Å². The van der Waals surface area contributed by atoms with Gasteiger partial charge in [-0.1, -0.05) is 12.1 Å². The minimum Gasteiger partial charge on any atom is -0.435 e. The number of rotatable bonds is 7. The quantitative estimate of drug-likeness (QED) is 0.593. The van der Waals surface area contributed by atoms with E-state index in [0.717, 1.165) is 31.2 Å². The number of piperidine rings is 1. The monoisotopic (exact) mass is 368 g/mol. The molecule has 146 valence electrons. The van der Waals surface area contributed by atoms with Crippen LogP contribution in [0.3, 0.4) is 0 Å². The molecule has 0 saturated carbocycles. The lowest BCUT2D eigenvalue weighted by Gasteiger charge is -2.29. The lowest BCUT2D eigenvalue weighted by molar-refractivity contribution is -0.0498. The molecule has 1 aliphatic heterocycles. The van der Waals surface area contributed by atoms with Crippen LogP contribution < -0.4 is 10.1 Å². The zero-order chi connectivity index (χ0) is 18.9. The number of alkyl halides is 2. The van der Waals surface area contributed by atoms with Gasteiger partial charge in [0, 0.05) is 33.2 Å². The number of likely N-dealkylation sites (tertiary alicyclic amines) is 1. The summed E-state index contributed by atoms with van der Waals surface area (Å²) in [6, 6.07) is 6.73. The van der Waals surface area contributed by atoms with Crippen LogP contribution in [0.4, 0.5) is 8.78 Å². The Labute approximate surface area is 155 Å². The molecule has 1 N–H and O–H groups in total. The number of hydrogen-bond donors (Lipinski definition) is 1. The molecule has 1 aromatic carbocycles. The molecule has 1 aliphatic rings. The molecule has 7 heteroatoms. The molecule has 1 fully saturated rings. The maximum Gasteiger partial charge on any atom is 0.387 e. The van der Waals surface area contributed by atoms with Gasteiger partial charge in [0.15, 0.2) is 5.96 Å². The van der Waals surface area contributed by atoms with Gasteiger partial charge in [-0.25, -0.2) is 0 Å². The lowest BCUT2D eigenvalue weighted by atomic mass is 9.99. The smallest absolute Gasteiger partial charge is 0.387 e. The van der Waals surface area contributed by atoms with Crippen molar-refractivity contribution in [1.82, 2.24) is 15.1 Å². The van der Waals surface area contributed by atoms with Crippen molar-refractivity contribution in [1.29, 1.82) is 0 Å². The van der Waals surface area contributed by atoms with Gasteiger partial charge in [-0.15, -0.1) is 0 Å². The molecule has 0 spiro atoms. The van der Waals surface area contributed by atoms with Gasteiger partial charge in [-0.05, 0) is 57.0 Å². The molecule has 1 heterocycles. The van der Waals surface area contributed by atoms with Crippen LogP contribution in [-0.4, -0.2) is 62.6 Å². The summed E-state index contributed by atoms with van der Waals surface area (Å²) in [5.74, 6) is 1.64. The molecule has 0 bridgehead atoms. The minimum atomic E-state index is -2.80. The second kappa shape index (κ2) is 10.3. The van der Waals surface area contributed by atoms with Crippen molar-refractivity contribution >= 4 is 5.96 Å². The number of ether oxygens (including phenoxy) is 1. The number of nitrogens with one attached hydrogen (secondary N) is 1. The van der Waals surface area contributed by atoms with Crippen LogP contribution in [-0.2, 0) is 6.54 Å². The van der Waals surface area contributed by atoms with Gasteiger partial charge >= 0.3 is 6.61 Å². The van der Waals surface area contributed by atoms with Gasteiger partial charge in [0.2, 0.25) is 0 Å². The summed E-state index contributed by atoms with van der Waals surface area (Å²) in [6.07, 6.45) is 2.46. The molecule has 2 rings (SSSR count). The summed E-state index contributed by atoms with van der Waals surface area (Å²) in [4.78, 5) is 9.22. The third-order valence-electron chi connectivity index (χ3n) is 4.49. The summed E-state index contributed by atoms with van der Waals surface area (Å²) < 4.78 is 28.8. The highest BCUT2D eigenvalue weighted by Gasteiger charge is 2.17. The van der Waals surface area contributed by atoms with Crippen LogP contribution in [0, 0.1) is 5.92 Å². The van der Waals surface area contributed by atoms with Crippen LogP contribution in [0.25, 0.3) is 0 Å². The summed E-state index contributed by atoms with van der Waals surface area (Å²) in [5, 5.41) is 3.33. The zero-order valence-electron chi connectivity index (χ0n) is 15.9. The Hall–Kier alpha value is -1.89. The fraction of sp³-hybridized carbons (Fsp3) is 0.632. The molecule has 0 amide bonds. The van der Waals surface area contributed by atoms with Crippen LogP contribution in [0.2, 0.25) is 0 Å². The van der Waals surface area contributed by atoms with E-state index in [1.54, 1.807) is 24.3 Å². The van der Waals surface area contributed by atoms with Crippen LogP contribution in [0.1, 0.15) is 25.3 Å². The highest BCUT2D eigenvalue weighted by Crippen LogP contribution is 2.17. The van der Waals surface area contributed by atoms with Gasteiger partial charge in [0.05, 0.1) is 0 Å². The Kier molecular flexibility index (Phi) is 8.09. The van der Waals surface area contributed by atoms with E-state index in [1.165, 1.54) is 19.4 Å². The maximum atomic E-state index is 12.2. The third-order valence-corrected chi connectivity index (χ3v) is 4.49. The van der Waals surface area contributed by atoms with Gasteiger partial charge in [-0.3, -0.25) is 4.99 Å². The highest BCUT2D eigenvalue weighted by atomic mass is 19.3. The summed E-state index contributed by atoms with van der Waals surface area (Å²) >= 11 is 0. The van der Waals surface area contributed by atoms with Gasteiger partial charge in [0.1, 0.15) is 5.75 Å². The number of hydrogen-bond acceptors (Lipinski definition) is 3. The topological polar surface area (TPSA) is 40.1 Å². The van der Waals surface area contributed by atoms with Crippen LogP contribution in [0.5, 0.6) is 5.75 Å². The van der Waals surface area contributed by atoms with Crippen LogP contribution in [0.15, 0.2) is 29.3 Å². The average Bonchev–Trinajstić information content (AvgIpc) is 2.60. The highest BCUT2D eigenvalue weighted by molar-refractivity contribution is 5.79. The fourth-order valence-electron chi connectivity index (χ4n) is 3.23. The van der Waals surface area contributed by atoms with E-state index in [2.05, 4.69) is 26.9 Å². The molecule has 26 heavy (non-hydrogen) atoms. The first kappa shape index (κ1) is 20.4. The minimum absolute atomic E-state index is 0.174. The Bertz CT molecular complexity index is 565. The van der Waals surface area contributed by atoms with Crippen molar-refractivity contribution in [3.63, 3.8) is 0 Å². The van der Waals surface area contributed by atoms with E-state index in [0.29, 0.717) is 12.5 Å². The molecule has 1 saturated heterocycles. The normalized spacial score (nSPS) is 18.8. The van der Waals surface area contributed by atoms with Crippen molar-refractivity contribution in [3.8, 4) is 5.75 Å². The molecule has 0 aromatic heterocycles. The summed E-state index contributed by atoms with van der Waals surface area (Å²) in [6.45, 7) is 3.78. The van der Waals surface area contributed by atoms with Crippen molar-refractivity contribution in [3.05, 3.63) is 29.8 Å². The van der Waals surface area contributed by atoms with E-state index in [9.17, 15) is 8.78 Å². The average molecular weight is 368 g/mol.